The molecule has 1 rings (SSSR count). The molecule has 0 radical (unpaired) electrons. The van der Waals surface area contributed by atoms with Crippen LogP contribution in [0.4, 0.5) is 11.4 Å². The minimum absolute atomic E-state index is 0.0283. The van der Waals surface area contributed by atoms with Gasteiger partial charge in [0.2, 0.25) is 10.0 Å². The molecule has 114 valence electrons. The summed E-state index contributed by atoms with van der Waals surface area (Å²) < 4.78 is 26.3. The highest BCUT2D eigenvalue weighted by atomic mass is 32.2. The van der Waals surface area contributed by atoms with Gasteiger partial charge in [-0.2, -0.15) is 0 Å². The lowest BCUT2D eigenvalue weighted by atomic mass is 10.0. The fraction of sp³-hybridized carbons (Fsp3) is 0.538. The molecular weight excluding hydrogens is 278 g/mol. The molecule has 6 nitrogen and oxygen atoms in total. The number of aliphatic hydroxyl groups excluding tert-OH is 1. The summed E-state index contributed by atoms with van der Waals surface area (Å²) in [6.45, 7) is 5.90. The van der Waals surface area contributed by atoms with Crippen LogP contribution >= 0.6 is 0 Å². The summed E-state index contributed by atoms with van der Waals surface area (Å²) in [5, 5.41) is 12.3. The molecule has 0 bridgehead atoms. The first-order valence-corrected chi connectivity index (χ1v) is 8.06. The maximum atomic E-state index is 12.0. The largest absolute Gasteiger partial charge is 0.397 e. The third-order valence-corrected chi connectivity index (χ3v) is 4.74. The van der Waals surface area contributed by atoms with Gasteiger partial charge in [-0.15, -0.1) is 0 Å². The molecule has 2 atom stereocenters. The van der Waals surface area contributed by atoms with E-state index < -0.39 is 10.0 Å². The molecule has 0 heterocycles. The van der Waals surface area contributed by atoms with Crippen molar-refractivity contribution in [1.29, 1.82) is 0 Å². The molecule has 0 saturated carbocycles. The van der Waals surface area contributed by atoms with E-state index in [9.17, 15) is 8.42 Å². The number of nitrogen functional groups attached to an aromatic ring is 1. The molecule has 0 amide bonds. The van der Waals surface area contributed by atoms with E-state index in [1.54, 1.807) is 13.0 Å². The first-order valence-electron chi connectivity index (χ1n) is 6.58. The van der Waals surface area contributed by atoms with Crippen LogP contribution in [0.15, 0.2) is 23.1 Å². The first kappa shape index (κ1) is 16.7. The van der Waals surface area contributed by atoms with Crippen LogP contribution in [0, 0.1) is 5.92 Å². The smallest absolute Gasteiger partial charge is 0.240 e. The van der Waals surface area contributed by atoms with Gasteiger partial charge in [-0.25, -0.2) is 13.1 Å². The maximum absolute atomic E-state index is 12.0. The monoisotopic (exact) mass is 301 g/mol. The number of anilines is 2. The Labute approximate surface area is 120 Å². The molecule has 7 heteroatoms. The van der Waals surface area contributed by atoms with Crippen molar-refractivity contribution in [1.82, 2.24) is 4.72 Å². The topological polar surface area (TPSA) is 104 Å². The summed E-state index contributed by atoms with van der Waals surface area (Å²) in [7, 11) is -3.51. The third-order valence-electron chi connectivity index (χ3n) is 3.19. The molecule has 5 N–H and O–H groups in total. The van der Waals surface area contributed by atoms with Crippen LogP contribution in [-0.4, -0.2) is 32.7 Å². The van der Waals surface area contributed by atoms with E-state index in [-0.39, 0.29) is 23.5 Å². The van der Waals surface area contributed by atoms with Gasteiger partial charge in [0.15, 0.2) is 0 Å². The number of rotatable bonds is 7. The number of benzene rings is 1. The second kappa shape index (κ2) is 6.92. The zero-order valence-corrected chi connectivity index (χ0v) is 12.9. The number of nitrogens with one attached hydrogen (secondary N) is 2. The van der Waals surface area contributed by atoms with Crippen molar-refractivity contribution in [3.05, 3.63) is 18.2 Å². The Hall–Kier alpha value is -1.31. The Kier molecular flexibility index (Phi) is 5.79. The van der Waals surface area contributed by atoms with E-state index >= 15 is 0 Å². The normalized spacial score (nSPS) is 14.8. The highest BCUT2D eigenvalue weighted by Gasteiger charge is 2.16. The summed E-state index contributed by atoms with van der Waals surface area (Å²) >= 11 is 0. The van der Waals surface area contributed by atoms with Crippen molar-refractivity contribution in [2.24, 2.45) is 5.92 Å². The lowest BCUT2D eigenvalue weighted by Crippen LogP contribution is -2.27. The van der Waals surface area contributed by atoms with Crippen LogP contribution in [0.2, 0.25) is 0 Å². The van der Waals surface area contributed by atoms with E-state index in [1.807, 2.05) is 13.8 Å². The molecule has 0 fully saturated rings. The number of nitrogens with two attached hydrogens (primary N) is 1. The number of aliphatic hydroxyl groups is 1. The maximum Gasteiger partial charge on any atom is 0.240 e. The lowest BCUT2D eigenvalue weighted by Gasteiger charge is -2.22. The summed E-state index contributed by atoms with van der Waals surface area (Å²) in [6, 6.07) is 4.51. The van der Waals surface area contributed by atoms with Crippen LogP contribution in [0.3, 0.4) is 0 Å². The van der Waals surface area contributed by atoms with Crippen molar-refractivity contribution in [2.45, 2.75) is 31.7 Å². The molecule has 0 aliphatic carbocycles. The van der Waals surface area contributed by atoms with Crippen molar-refractivity contribution in [3.63, 3.8) is 0 Å². The van der Waals surface area contributed by atoms with Gasteiger partial charge in [0.25, 0.3) is 0 Å². The number of hydrogen-bond donors (Lipinski definition) is 4. The first-order chi connectivity index (χ1) is 9.31. The van der Waals surface area contributed by atoms with Crippen LogP contribution in [0.1, 0.15) is 20.8 Å². The van der Waals surface area contributed by atoms with Gasteiger partial charge in [0.1, 0.15) is 0 Å². The fourth-order valence-electron chi connectivity index (χ4n) is 1.65. The van der Waals surface area contributed by atoms with E-state index in [0.29, 0.717) is 17.9 Å². The molecular formula is C13H23N3O3S. The molecule has 0 spiro atoms. The van der Waals surface area contributed by atoms with Crippen molar-refractivity contribution in [3.8, 4) is 0 Å². The SMILES string of the molecule is CCNS(=O)(=O)c1ccc(N)c(NC(C)C(C)CO)c1. The highest BCUT2D eigenvalue weighted by Crippen LogP contribution is 2.24. The summed E-state index contributed by atoms with van der Waals surface area (Å²) in [5.41, 5.74) is 6.88. The van der Waals surface area contributed by atoms with Crippen molar-refractivity contribution >= 4 is 21.4 Å². The van der Waals surface area contributed by atoms with E-state index in [1.165, 1.54) is 12.1 Å². The summed E-state index contributed by atoms with van der Waals surface area (Å²) in [6.07, 6.45) is 0. The molecule has 2 unspecified atom stereocenters. The molecule has 1 aromatic rings. The zero-order valence-electron chi connectivity index (χ0n) is 12.1. The number of sulfonamides is 1. The molecule has 20 heavy (non-hydrogen) atoms. The van der Waals surface area contributed by atoms with Gasteiger partial charge in [-0.05, 0) is 31.0 Å². The van der Waals surface area contributed by atoms with Crippen LogP contribution < -0.4 is 15.8 Å². The Morgan fingerprint density at radius 2 is 2.00 bits per heavy atom. The Bertz CT molecular complexity index is 546. The minimum Gasteiger partial charge on any atom is -0.397 e. The zero-order chi connectivity index (χ0) is 15.3. The highest BCUT2D eigenvalue weighted by molar-refractivity contribution is 7.89. The van der Waals surface area contributed by atoms with Crippen LogP contribution in [0.5, 0.6) is 0 Å². The van der Waals surface area contributed by atoms with E-state index in [2.05, 4.69) is 10.0 Å². The molecule has 0 aliphatic heterocycles. The van der Waals surface area contributed by atoms with Gasteiger partial charge in [0.05, 0.1) is 16.3 Å². The van der Waals surface area contributed by atoms with Crippen LogP contribution in [0.25, 0.3) is 0 Å². The molecule has 0 aliphatic rings. The Balaban J connectivity index is 3.04. The van der Waals surface area contributed by atoms with Crippen LogP contribution in [-0.2, 0) is 10.0 Å². The van der Waals surface area contributed by atoms with Gasteiger partial charge < -0.3 is 16.2 Å². The standard InChI is InChI=1S/C13H23N3O3S/c1-4-15-20(18,19)11-5-6-12(14)13(7-11)16-10(3)9(2)8-17/h5-7,9-10,15-17H,4,8,14H2,1-3H3. The molecule has 0 aromatic heterocycles. The predicted molar refractivity (Wildman–Crippen MR) is 81.1 cm³/mol. The Morgan fingerprint density at radius 1 is 1.35 bits per heavy atom. The minimum atomic E-state index is -3.51. The predicted octanol–water partition coefficient (Wildman–Crippen LogP) is 0.996. The third kappa shape index (κ3) is 4.09. The van der Waals surface area contributed by atoms with E-state index in [4.69, 9.17) is 10.8 Å². The van der Waals surface area contributed by atoms with Crippen molar-refractivity contribution < 1.29 is 13.5 Å². The molecule has 1 aromatic carbocycles. The van der Waals surface area contributed by atoms with Crippen molar-refractivity contribution in [2.75, 3.05) is 24.2 Å². The summed E-state index contributed by atoms with van der Waals surface area (Å²) in [5.74, 6) is 0.0310. The summed E-state index contributed by atoms with van der Waals surface area (Å²) in [4.78, 5) is 0.167. The molecule has 0 saturated heterocycles. The number of hydrogen-bond acceptors (Lipinski definition) is 5. The quantitative estimate of drug-likeness (QED) is 0.562. The lowest BCUT2D eigenvalue weighted by molar-refractivity contribution is 0.226. The average Bonchev–Trinajstić information content (AvgIpc) is 2.39. The van der Waals surface area contributed by atoms with E-state index in [0.717, 1.165) is 0 Å². The average molecular weight is 301 g/mol. The van der Waals surface area contributed by atoms with Gasteiger partial charge in [-0.1, -0.05) is 13.8 Å². The Morgan fingerprint density at radius 3 is 2.55 bits per heavy atom. The second-order valence-corrected chi connectivity index (χ2v) is 6.61. The second-order valence-electron chi connectivity index (χ2n) is 4.84. The van der Waals surface area contributed by atoms with Gasteiger partial charge in [-0.3, -0.25) is 0 Å². The van der Waals surface area contributed by atoms with Gasteiger partial charge in [0, 0.05) is 19.2 Å². The van der Waals surface area contributed by atoms with Gasteiger partial charge >= 0.3 is 0 Å². The fourth-order valence-corrected chi connectivity index (χ4v) is 2.71.